The maximum Gasteiger partial charge on any atom is 0.244 e. The first-order valence-corrected chi connectivity index (χ1v) is 5.65. The predicted molar refractivity (Wildman–Crippen MR) is 57.3 cm³/mol. The summed E-state index contributed by atoms with van der Waals surface area (Å²) in [5, 5.41) is 0. The molecule has 1 heterocycles. The number of hydrogen-bond donors (Lipinski definition) is 1. The van der Waals surface area contributed by atoms with Crippen molar-refractivity contribution in [1.82, 2.24) is 4.90 Å². The number of ether oxygens (including phenoxy) is 1. The average molecular weight is 212 g/mol. The molecule has 1 saturated carbocycles. The highest BCUT2D eigenvalue weighted by molar-refractivity contribution is 5.86. The third-order valence-corrected chi connectivity index (χ3v) is 3.61. The Kier molecular flexibility index (Phi) is 2.73. The molecular formula is C11H20N2O2. The molecule has 0 aromatic heterocycles. The molecule has 2 aliphatic rings. The Hall–Kier alpha value is -0.610. The van der Waals surface area contributed by atoms with Gasteiger partial charge in [0.05, 0.1) is 6.61 Å². The van der Waals surface area contributed by atoms with Gasteiger partial charge in [-0.05, 0) is 24.7 Å². The molecule has 1 aliphatic heterocycles. The van der Waals surface area contributed by atoms with Crippen LogP contribution in [0.2, 0.25) is 0 Å². The smallest absolute Gasteiger partial charge is 0.244 e. The lowest BCUT2D eigenvalue weighted by molar-refractivity contribution is -0.135. The quantitative estimate of drug-likeness (QED) is 0.728. The largest absolute Gasteiger partial charge is 0.379 e. The molecule has 0 aromatic rings. The minimum Gasteiger partial charge on any atom is -0.379 e. The van der Waals surface area contributed by atoms with E-state index in [2.05, 4.69) is 6.92 Å². The van der Waals surface area contributed by atoms with Gasteiger partial charge >= 0.3 is 0 Å². The van der Waals surface area contributed by atoms with Gasteiger partial charge in [0.1, 0.15) is 5.54 Å². The van der Waals surface area contributed by atoms with E-state index in [4.69, 9.17) is 10.5 Å². The van der Waals surface area contributed by atoms with E-state index >= 15 is 0 Å². The lowest BCUT2D eigenvalue weighted by Crippen LogP contribution is -2.55. The van der Waals surface area contributed by atoms with Gasteiger partial charge in [-0.3, -0.25) is 4.79 Å². The molecule has 4 nitrogen and oxygen atoms in total. The van der Waals surface area contributed by atoms with Crippen molar-refractivity contribution >= 4 is 5.91 Å². The molecule has 2 fully saturated rings. The van der Waals surface area contributed by atoms with Crippen molar-refractivity contribution in [2.75, 3.05) is 26.8 Å². The number of nitrogens with zero attached hydrogens (tertiary/aromatic N) is 1. The zero-order valence-corrected chi connectivity index (χ0v) is 9.53. The Morgan fingerprint density at radius 3 is 2.80 bits per heavy atom. The monoisotopic (exact) mass is 212 g/mol. The van der Waals surface area contributed by atoms with Gasteiger partial charge in [-0.15, -0.1) is 0 Å². The average Bonchev–Trinajstić information content (AvgIpc) is 2.70. The summed E-state index contributed by atoms with van der Waals surface area (Å²) in [7, 11) is 1.85. The second-order valence-electron chi connectivity index (χ2n) is 5.12. The summed E-state index contributed by atoms with van der Waals surface area (Å²) in [5.74, 6) is 1.50. The molecule has 3 atom stereocenters. The number of amides is 1. The zero-order chi connectivity index (χ0) is 11.1. The van der Waals surface area contributed by atoms with Crippen molar-refractivity contribution in [3.63, 3.8) is 0 Å². The van der Waals surface area contributed by atoms with Crippen LogP contribution in [-0.2, 0) is 9.53 Å². The maximum absolute atomic E-state index is 12.1. The molecule has 0 bridgehead atoms. The molecule has 1 saturated heterocycles. The fourth-order valence-electron chi connectivity index (χ4n) is 2.22. The van der Waals surface area contributed by atoms with Crippen molar-refractivity contribution in [2.45, 2.75) is 25.3 Å². The molecule has 4 heteroatoms. The highest BCUT2D eigenvalue weighted by atomic mass is 16.5. The highest BCUT2D eigenvalue weighted by Gasteiger charge is 2.42. The van der Waals surface area contributed by atoms with Crippen LogP contribution in [0.4, 0.5) is 0 Å². The van der Waals surface area contributed by atoms with E-state index in [0.717, 1.165) is 12.5 Å². The molecule has 86 valence electrons. The van der Waals surface area contributed by atoms with Gasteiger partial charge in [0, 0.05) is 20.2 Å². The fraction of sp³-hybridized carbons (Fsp3) is 0.909. The highest BCUT2D eigenvalue weighted by Crippen LogP contribution is 2.38. The van der Waals surface area contributed by atoms with E-state index in [9.17, 15) is 4.79 Å². The Morgan fingerprint density at radius 1 is 1.67 bits per heavy atom. The number of hydrogen-bond acceptors (Lipinski definition) is 3. The Bertz CT molecular complexity index is 261. The third-order valence-electron chi connectivity index (χ3n) is 3.61. The standard InChI is InChI=1S/C11H20N2O2/c1-8-5-9(8)6-13(2)10(14)11(12)3-4-15-7-11/h8-9H,3-7,12H2,1-2H3. The first kappa shape index (κ1) is 10.9. The van der Waals surface area contributed by atoms with Crippen LogP contribution < -0.4 is 5.73 Å². The van der Waals surface area contributed by atoms with Crippen LogP contribution in [0.5, 0.6) is 0 Å². The van der Waals surface area contributed by atoms with Gasteiger partial charge in [-0.2, -0.15) is 0 Å². The lowest BCUT2D eigenvalue weighted by Gasteiger charge is -2.27. The van der Waals surface area contributed by atoms with Gasteiger partial charge in [-0.1, -0.05) is 6.92 Å². The second-order valence-corrected chi connectivity index (χ2v) is 5.12. The van der Waals surface area contributed by atoms with Crippen LogP contribution in [-0.4, -0.2) is 43.2 Å². The van der Waals surface area contributed by atoms with Gasteiger partial charge in [0.2, 0.25) is 5.91 Å². The Morgan fingerprint density at radius 2 is 2.33 bits per heavy atom. The summed E-state index contributed by atoms with van der Waals surface area (Å²) in [6.45, 7) is 4.05. The second kappa shape index (κ2) is 3.76. The Balaban J connectivity index is 1.88. The number of carbonyl (C=O) groups is 1. The van der Waals surface area contributed by atoms with Crippen molar-refractivity contribution in [1.29, 1.82) is 0 Å². The van der Waals surface area contributed by atoms with Crippen LogP contribution in [0.15, 0.2) is 0 Å². The first-order valence-electron chi connectivity index (χ1n) is 5.65. The minimum absolute atomic E-state index is 0.0408. The molecule has 15 heavy (non-hydrogen) atoms. The van der Waals surface area contributed by atoms with Crippen LogP contribution >= 0.6 is 0 Å². The lowest BCUT2D eigenvalue weighted by atomic mass is 9.98. The zero-order valence-electron chi connectivity index (χ0n) is 9.53. The first-order chi connectivity index (χ1) is 7.03. The number of rotatable bonds is 3. The van der Waals surface area contributed by atoms with Gasteiger partial charge in [-0.25, -0.2) is 0 Å². The fourth-order valence-corrected chi connectivity index (χ4v) is 2.22. The van der Waals surface area contributed by atoms with E-state index in [1.165, 1.54) is 6.42 Å². The van der Waals surface area contributed by atoms with E-state index < -0.39 is 5.54 Å². The molecule has 2 rings (SSSR count). The molecular weight excluding hydrogens is 192 g/mol. The Labute approximate surface area is 90.8 Å². The summed E-state index contributed by atoms with van der Waals surface area (Å²) >= 11 is 0. The van der Waals surface area contributed by atoms with Gasteiger partial charge < -0.3 is 15.4 Å². The summed E-state index contributed by atoms with van der Waals surface area (Å²) in [6.07, 6.45) is 1.89. The minimum atomic E-state index is -0.757. The normalized spacial score (nSPS) is 39.1. The van der Waals surface area contributed by atoms with Crippen LogP contribution in [0.3, 0.4) is 0 Å². The topological polar surface area (TPSA) is 55.6 Å². The molecule has 1 aliphatic carbocycles. The van der Waals surface area contributed by atoms with Gasteiger partial charge in [0.15, 0.2) is 0 Å². The predicted octanol–water partition coefficient (Wildman–Crippen LogP) is 0.219. The maximum atomic E-state index is 12.1. The molecule has 1 amide bonds. The van der Waals surface area contributed by atoms with Crippen molar-refractivity contribution in [3.8, 4) is 0 Å². The number of likely N-dealkylation sites (N-methyl/N-ethyl adjacent to an activating group) is 1. The molecule has 2 N–H and O–H groups in total. The van der Waals surface area contributed by atoms with E-state index in [1.807, 2.05) is 7.05 Å². The van der Waals surface area contributed by atoms with Crippen molar-refractivity contribution in [2.24, 2.45) is 17.6 Å². The van der Waals surface area contributed by atoms with Crippen molar-refractivity contribution in [3.05, 3.63) is 0 Å². The summed E-state index contributed by atoms with van der Waals surface area (Å²) in [4.78, 5) is 13.8. The number of nitrogens with two attached hydrogens (primary N) is 1. The summed E-state index contributed by atoms with van der Waals surface area (Å²) in [6, 6.07) is 0. The van der Waals surface area contributed by atoms with Crippen LogP contribution in [0.25, 0.3) is 0 Å². The molecule has 0 aromatic carbocycles. The number of carbonyl (C=O) groups excluding carboxylic acids is 1. The van der Waals surface area contributed by atoms with Crippen molar-refractivity contribution < 1.29 is 9.53 Å². The van der Waals surface area contributed by atoms with E-state index in [-0.39, 0.29) is 5.91 Å². The van der Waals surface area contributed by atoms with Crippen LogP contribution in [0, 0.1) is 11.8 Å². The van der Waals surface area contributed by atoms with E-state index in [1.54, 1.807) is 4.90 Å². The SMILES string of the molecule is CC1CC1CN(C)C(=O)C1(N)CCOC1. The molecule has 0 radical (unpaired) electrons. The molecule has 0 spiro atoms. The summed E-state index contributed by atoms with van der Waals surface area (Å²) in [5.41, 5.74) is 5.26. The molecule has 3 unspecified atom stereocenters. The summed E-state index contributed by atoms with van der Waals surface area (Å²) < 4.78 is 5.20. The van der Waals surface area contributed by atoms with E-state index in [0.29, 0.717) is 25.6 Å². The van der Waals surface area contributed by atoms with Crippen LogP contribution in [0.1, 0.15) is 19.8 Å². The third kappa shape index (κ3) is 2.16. The van der Waals surface area contributed by atoms with Gasteiger partial charge in [0.25, 0.3) is 0 Å².